The standard InChI is InChI=1S/C22H29N3O3S.ClH/c1-24(2)16-14-23-22(26)25-15-6-9-21(17-25)29(27,28)20-12-10-19(11-13-20)18-7-4-3-5-8-18;/h3-5,7-8,10-13,21H,6,9,14-17H2,1-2H3,(H,23,26);1H. The fourth-order valence-electron chi connectivity index (χ4n) is 3.53. The zero-order valence-electron chi connectivity index (χ0n) is 17.5. The Hall–Kier alpha value is -2.09. The number of nitrogens with zero attached hydrogens (tertiary/aromatic N) is 2. The van der Waals surface area contributed by atoms with Gasteiger partial charge in [0.2, 0.25) is 0 Å². The van der Waals surface area contributed by atoms with E-state index in [1.807, 2.05) is 61.5 Å². The van der Waals surface area contributed by atoms with Gasteiger partial charge in [-0.05, 0) is 50.2 Å². The van der Waals surface area contributed by atoms with Crippen LogP contribution >= 0.6 is 12.4 Å². The van der Waals surface area contributed by atoms with Gasteiger partial charge in [-0.3, -0.25) is 0 Å². The molecule has 164 valence electrons. The van der Waals surface area contributed by atoms with Crippen LogP contribution in [0, 0.1) is 0 Å². The first-order valence-corrected chi connectivity index (χ1v) is 11.5. The number of benzene rings is 2. The summed E-state index contributed by atoms with van der Waals surface area (Å²) in [6.45, 7) is 2.11. The van der Waals surface area contributed by atoms with Gasteiger partial charge in [-0.1, -0.05) is 42.5 Å². The van der Waals surface area contributed by atoms with E-state index in [4.69, 9.17) is 0 Å². The smallest absolute Gasteiger partial charge is 0.317 e. The molecule has 3 rings (SSSR count). The van der Waals surface area contributed by atoms with Crippen molar-refractivity contribution in [2.24, 2.45) is 0 Å². The largest absolute Gasteiger partial charge is 0.337 e. The minimum atomic E-state index is -3.49. The molecule has 0 saturated carbocycles. The summed E-state index contributed by atoms with van der Waals surface area (Å²) < 4.78 is 26.3. The van der Waals surface area contributed by atoms with E-state index in [1.165, 1.54) is 0 Å². The highest BCUT2D eigenvalue weighted by atomic mass is 35.5. The number of nitrogens with one attached hydrogen (secondary N) is 1. The molecule has 8 heteroatoms. The Morgan fingerprint density at radius 3 is 2.33 bits per heavy atom. The van der Waals surface area contributed by atoms with Gasteiger partial charge in [0.15, 0.2) is 9.84 Å². The summed E-state index contributed by atoms with van der Waals surface area (Å²) in [7, 11) is 0.395. The lowest BCUT2D eigenvalue weighted by Crippen LogP contribution is -2.49. The summed E-state index contributed by atoms with van der Waals surface area (Å²) in [6, 6.07) is 16.7. The Balaban J connectivity index is 0.00000320. The van der Waals surface area contributed by atoms with Crippen molar-refractivity contribution in [1.82, 2.24) is 15.1 Å². The minimum absolute atomic E-state index is 0. The van der Waals surface area contributed by atoms with Gasteiger partial charge in [-0.25, -0.2) is 13.2 Å². The van der Waals surface area contributed by atoms with Crippen molar-refractivity contribution in [2.75, 3.05) is 40.3 Å². The molecule has 1 aliphatic heterocycles. The molecule has 2 aromatic rings. The molecule has 6 nitrogen and oxygen atoms in total. The van der Waals surface area contributed by atoms with E-state index >= 15 is 0 Å². The second-order valence-corrected chi connectivity index (χ2v) is 9.91. The maximum absolute atomic E-state index is 13.1. The van der Waals surface area contributed by atoms with Crippen LogP contribution in [0.15, 0.2) is 59.5 Å². The zero-order chi connectivity index (χ0) is 20.9. The van der Waals surface area contributed by atoms with Crippen molar-refractivity contribution < 1.29 is 13.2 Å². The first kappa shape index (κ1) is 24.2. The van der Waals surface area contributed by atoms with E-state index in [2.05, 4.69) is 5.32 Å². The normalized spacial score (nSPS) is 16.8. The number of carbonyl (C=O) groups excluding carboxylic acids is 1. The Morgan fingerprint density at radius 2 is 1.70 bits per heavy atom. The number of urea groups is 1. The number of rotatable bonds is 6. The number of hydrogen-bond donors (Lipinski definition) is 1. The average molecular weight is 452 g/mol. The summed E-state index contributed by atoms with van der Waals surface area (Å²) in [5.41, 5.74) is 2.03. The van der Waals surface area contributed by atoms with Gasteiger partial charge in [0.05, 0.1) is 10.1 Å². The molecule has 0 aromatic heterocycles. The second-order valence-electron chi connectivity index (χ2n) is 7.68. The number of piperidine rings is 1. The van der Waals surface area contributed by atoms with E-state index in [0.29, 0.717) is 30.8 Å². The number of likely N-dealkylation sites (tertiary alicyclic amines) is 1. The fraction of sp³-hybridized carbons (Fsp3) is 0.409. The molecule has 0 bridgehead atoms. The van der Waals surface area contributed by atoms with Gasteiger partial charge in [0, 0.05) is 26.2 Å². The third-order valence-electron chi connectivity index (χ3n) is 5.23. The maximum atomic E-state index is 13.1. The van der Waals surface area contributed by atoms with Crippen LogP contribution in [0.1, 0.15) is 12.8 Å². The highest BCUT2D eigenvalue weighted by Crippen LogP contribution is 2.26. The van der Waals surface area contributed by atoms with Crippen LogP contribution in [0.3, 0.4) is 0 Å². The molecule has 1 aliphatic rings. The molecular weight excluding hydrogens is 422 g/mol. The lowest BCUT2D eigenvalue weighted by Gasteiger charge is -2.32. The zero-order valence-corrected chi connectivity index (χ0v) is 19.1. The number of amides is 2. The molecule has 0 radical (unpaired) electrons. The first-order valence-electron chi connectivity index (χ1n) is 9.95. The fourth-order valence-corrected chi connectivity index (χ4v) is 5.29. The van der Waals surface area contributed by atoms with E-state index in [0.717, 1.165) is 17.7 Å². The molecule has 30 heavy (non-hydrogen) atoms. The van der Waals surface area contributed by atoms with Crippen LogP contribution in [-0.2, 0) is 9.84 Å². The van der Waals surface area contributed by atoms with E-state index < -0.39 is 15.1 Å². The number of hydrogen-bond acceptors (Lipinski definition) is 4. The summed E-state index contributed by atoms with van der Waals surface area (Å²) in [4.78, 5) is 16.3. The van der Waals surface area contributed by atoms with Crippen LogP contribution in [0.25, 0.3) is 11.1 Å². The molecule has 0 aliphatic carbocycles. The van der Waals surface area contributed by atoms with Crippen molar-refractivity contribution in [3.05, 3.63) is 54.6 Å². The molecule has 0 spiro atoms. The van der Waals surface area contributed by atoms with Crippen LogP contribution in [0.2, 0.25) is 0 Å². The average Bonchev–Trinajstić information content (AvgIpc) is 2.74. The Kier molecular flexibility index (Phi) is 8.70. The highest BCUT2D eigenvalue weighted by molar-refractivity contribution is 7.92. The number of likely N-dealkylation sites (N-methyl/N-ethyl adjacent to an activating group) is 1. The summed E-state index contributed by atoms with van der Waals surface area (Å²) in [5, 5.41) is 2.30. The van der Waals surface area contributed by atoms with Crippen LogP contribution < -0.4 is 5.32 Å². The Bertz CT molecular complexity index is 918. The Labute approximate surface area is 185 Å². The molecule has 1 N–H and O–H groups in total. The third-order valence-corrected chi connectivity index (χ3v) is 7.42. The van der Waals surface area contributed by atoms with Gasteiger partial charge in [-0.2, -0.15) is 0 Å². The highest BCUT2D eigenvalue weighted by Gasteiger charge is 2.33. The molecule has 1 heterocycles. The van der Waals surface area contributed by atoms with Gasteiger partial charge in [-0.15, -0.1) is 12.4 Å². The topological polar surface area (TPSA) is 69.7 Å². The molecule has 2 amide bonds. The van der Waals surface area contributed by atoms with Gasteiger partial charge < -0.3 is 15.1 Å². The SMILES string of the molecule is CN(C)CCNC(=O)N1CCCC(S(=O)(=O)c2ccc(-c3ccccc3)cc2)C1.Cl. The number of sulfone groups is 1. The van der Waals surface area contributed by atoms with E-state index in [1.54, 1.807) is 17.0 Å². The molecule has 1 unspecified atom stereocenters. The quantitative estimate of drug-likeness (QED) is 0.731. The first-order chi connectivity index (χ1) is 13.9. The predicted octanol–water partition coefficient (Wildman–Crippen LogP) is 3.28. The molecule has 1 saturated heterocycles. The minimum Gasteiger partial charge on any atom is -0.337 e. The van der Waals surface area contributed by atoms with Crippen molar-refractivity contribution >= 4 is 28.3 Å². The summed E-state index contributed by atoms with van der Waals surface area (Å²) in [6.07, 6.45) is 1.26. The molecule has 1 fully saturated rings. The van der Waals surface area contributed by atoms with Gasteiger partial charge >= 0.3 is 6.03 Å². The van der Waals surface area contributed by atoms with Crippen LogP contribution in [0.4, 0.5) is 4.79 Å². The monoisotopic (exact) mass is 451 g/mol. The van der Waals surface area contributed by atoms with E-state index in [-0.39, 0.29) is 25.0 Å². The van der Waals surface area contributed by atoms with Crippen molar-refractivity contribution in [1.29, 1.82) is 0 Å². The van der Waals surface area contributed by atoms with Gasteiger partial charge in [0.1, 0.15) is 0 Å². The van der Waals surface area contributed by atoms with Crippen molar-refractivity contribution in [3.63, 3.8) is 0 Å². The van der Waals surface area contributed by atoms with Gasteiger partial charge in [0.25, 0.3) is 0 Å². The number of carbonyl (C=O) groups is 1. The summed E-state index contributed by atoms with van der Waals surface area (Å²) >= 11 is 0. The molecular formula is C22H30ClN3O3S. The maximum Gasteiger partial charge on any atom is 0.317 e. The van der Waals surface area contributed by atoms with Crippen LogP contribution in [0.5, 0.6) is 0 Å². The van der Waals surface area contributed by atoms with Crippen molar-refractivity contribution in [3.8, 4) is 11.1 Å². The number of halogens is 1. The second kappa shape index (κ2) is 10.8. The van der Waals surface area contributed by atoms with Crippen LogP contribution in [-0.4, -0.2) is 69.8 Å². The lowest BCUT2D eigenvalue weighted by molar-refractivity contribution is 0.186. The predicted molar refractivity (Wildman–Crippen MR) is 123 cm³/mol. The lowest BCUT2D eigenvalue weighted by atomic mass is 10.1. The third kappa shape index (κ3) is 5.97. The molecule has 1 atom stereocenters. The molecule has 2 aromatic carbocycles. The Morgan fingerprint density at radius 1 is 1.07 bits per heavy atom. The van der Waals surface area contributed by atoms with Crippen molar-refractivity contribution in [2.45, 2.75) is 23.0 Å². The van der Waals surface area contributed by atoms with E-state index in [9.17, 15) is 13.2 Å². The summed E-state index contributed by atoms with van der Waals surface area (Å²) in [5.74, 6) is 0.